The summed E-state index contributed by atoms with van der Waals surface area (Å²) in [5.41, 5.74) is 0.434. The Morgan fingerprint density at radius 1 is 1.19 bits per heavy atom. The molecule has 0 bridgehead atoms. The summed E-state index contributed by atoms with van der Waals surface area (Å²) < 4.78 is 10.4. The molecule has 2 N–H and O–H groups in total. The van der Waals surface area contributed by atoms with Crippen molar-refractivity contribution < 1.29 is 19.1 Å². The third kappa shape index (κ3) is 3.87. The van der Waals surface area contributed by atoms with Gasteiger partial charge in [0, 0.05) is 11.6 Å². The van der Waals surface area contributed by atoms with Gasteiger partial charge in [0.05, 0.1) is 6.54 Å². The van der Waals surface area contributed by atoms with E-state index >= 15 is 0 Å². The Labute approximate surface area is 123 Å². The molecule has 1 unspecified atom stereocenters. The maximum Gasteiger partial charge on any atom is 0.251 e. The number of fused-ring (bicyclic) bond motifs is 1. The second-order valence-electron chi connectivity index (χ2n) is 5.35. The van der Waals surface area contributed by atoms with Crippen LogP contribution in [0.3, 0.4) is 0 Å². The van der Waals surface area contributed by atoms with Crippen molar-refractivity contribution in [1.82, 2.24) is 10.6 Å². The van der Waals surface area contributed by atoms with Gasteiger partial charge in [0.25, 0.3) is 5.91 Å². The summed E-state index contributed by atoms with van der Waals surface area (Å²) in [6.07, 6.45) is 0. The molecule has 0 fully saturated rings. The number of rotatable bonds is 5. The van der Waals surface area contributed by atoms with Crippen LogP contribution in [0.2, 0.25) is 0 Å². The molecule has 6 nitrogen and oxygen atoms in total. The first-order valence-electron chi connectivity index (χ1n) is 6.94. The lowest BCUT2D eigenvalue weighted by molar-refractivity contribution is -0.121. The summed E-state index contributed by atoms with van der Waals surface area (Å²) >= 11 is 0. The standard InChI is InChI=1S/C15H20N2O4/c1-9(2)10(3)17-14(18)7-16-15(19)11-4-5-12-13(6-11)21-8-20-12/h4-6,9-10H,7-8H2,1-3H3,(H,16,19)(H,17,18). The van der Waals surface area contributed by atoms with Crippen LogP contribution in [0.4, 0.5) is 0 Å². The molecular formula is C15H20N2O4. The van der Waals surface area contributed by atoms with Gasteiger partial charge in [-0.15, -0.1) is 0 Å². The van der Waals surface area contributed by atoms with Crippen LogP contribution in [0.5, 0.6) is 11.5 Å². The van der Waals surface area contributed by atoms with Crippen LogP contribution in [0, 0.1) is 5.92 Å². The second-order valence-corrected chi connectivity index (χ2v) is 5.35. The Hall–Kier alpha value is -2.24. The van der Waals surface area contributed by atoms with Gasteiger partial charge < -0.3 is 20.1 Å². The van der Waals surface area contributed by atoms with Gasteiger partial charge in [-0.1, -0.05) is 13.8 Å². The monoisotopic (exact) mass is 292 g/mol. The Bertz CT molecular complexity index is 542. The van der Waals surface area contributed by atoms with Crippen molar-refractivity contribution >= 4 is 11.8 Å². The summed E-state index contributed by atoms with van der Waals surface area (Å²) in [6.45, 7) is 6.09. The number of benzene rings is 1. The van der Waals surface area contributed by atoms with E-state index in [9.17, 15) is 9.59 Å². The summed E-state index contributed by atoms with van der Waals surface area (Å²) in [4.78, 5) is 23.7. The smallest absolute Gasteiger partial charge is 0.251 e. The average Bonchev–Trinajstić information content (AvgIpc) is 2.91. The zero-order valence-corrected chi connectivity index (χ0v) is 12.4. The van der Waals surface area contributed by atoms with Gasteiger partial charge in [-0.3, -0.25) is 9.59 Å². The Morgan fingerprint density at radius 3 is 2.62 bits per heavy atom. The maximum atomic E-state index is 12.0. The fourth-order valence-electron chi connectivity index (χ4n) is 1.77. The number of carbonyl (C=O) groups excluding carboxylic acids is 2. The van der Waals surface area contributed by atoms with E-state index in [1.807, 2.05) is 20.8 Å². The maximum absolute atomic E-state index is 12.0. The third-order valence-electron chi connectivity index (χ3n) is 3.43. The molecule has 6 heteroatoms. The van der Waals surface area contributed by atoms with Crippen LogP contribution in [0.1, 0.15) is 31.1 Å². The molecule has 1 aromatic carbocycles. The minimum absolute atomic E-state index is 0.0513. The second kappa shape index (κ2) is 6.47. The molecule has 0 spiro atoms. The lowest BCUT2D eigenvalue weighted by Crippen LogP contribution is -2.42. The fourth-order valence-corrected chi connectivity index (χ4v) is 1.77. The predicted octanol–water partition coefficient (Wildman–Crippen LogP) is 1.31. The molecule has 0 aromatic heterocycles. The van der Waals surface area contributed by atoms with Gasteiger partial charge in [-0.2, -0.15) is 0 Å². The molecule has 0 aliphatic carbocycles. The minimum atomic E-state index is -0.319. The molecule has 0 radical (unpaired) electrons. The summed E-state index contributed by atoms with van der Waals surface area (Å²) in [5.74, 6) is 0.986. The largest absolute Gasteiger partial charge is 0.454 e. The molecule has 1 aromatic rings. The zero-order valence-electron chi connectivity index (χ0n) is 12.4. The molecule has 1 aliphatic heterocycles. The molecule has 1 atom stereocenters. The third-order valence-corrected chi connectivity index (χ3v) is 3.43. The van der Waals surface area contributed by atoms with Crippen LogP contribution < -0.4 is 20.1 Å². The fraction of sp³-hybridized carbons (Fsp3) is 0.467. The normalized spacial score (nSPS) is 13.9. The number of nitrogens with one attached hydrogen (secondary N) is 2. The van der Waals surface area contributed by atoms with Crippen LogP contribution in [-0.2, 0) is 4.79 Å². The van der Waals surface area contributed by atoms with Gasteiger partial charge in [-0.05, 0) is 31.0 Å². The van der Waals surface area contributed by atoms with Crippen molar-refractivity contribution in [2.75, 3.05) is 13.3 Å². The van der Waals surface area contributed by atoms with E-state index in [0.717, 1.165) is 0 Å². The van der Waals surface area contributed by atoms with Crippen molar-refractivity contribution in [1.29, 1.82) is 0 Å². The number of ether oxygens (including phenoxy) is 2. The van der Waals surface area contributed by atoms with Crippen LogP contribution in [-0.4, -0.2) is 31.2 Å². The lowest BCUT2D eigenvalue weighted by atomic mass is 10.1. The first kappa shape index (κ1) is 15.2. The lowest BCUT2D eigenvalue weighted by Gasteiger charge is -2.17. The topological polar surface area (TPSA) is 76.7 Å². The van der Waals surface area contributed by atoms with Gasteiger partial charge >= 0.3 is 0 Å². The molecule has 1 heterocycles. The van der Waals surface area contributed by atoms with Crippen molar-refractivity contribution in [3.8, 4) is 11.5 Å². The first-order valence-corrected chi connectivity index (χ1v) is 6.94. The highest BCUT2D eigenvalue weighted by Crippen LogP contribution is 2.32. The zero-order chi connectivity index (χ0) is 15.4. The van der Waals surface area contributed by atoms with E-state index in [-0.39, 0.29) is 31.2 Å². The van der Waals surface area contributed by atoms with Gasteiger partial charge in [-0.25, -0.2) is 0 Å². The summed E-state index contributed by atoms with van der Waals surface area (Å²) in [5, 5.41) is 5.42. The van der Waals surface area contributed by atoms with Gasteiger partial charge in [0.1, 0.15) is 0 Å². The molecule has 2 rings (SSSR count). The number of hydrogen-bond acceptors (Lipinski definition) is 4. The first-order chi connectivity index (χ1) is 9.97. The molecule has 2 amide bonds. The SMILES string of the molecule is CC(C)C(C)NC(=O)CNC(=O)c1ccc2c(c1)OCO2. The van der Waals surface area contributed by atoms with E-state index in [0.29, 0.717) is 23.0 Å². The van der Waals surface area contributed by atoms with E-state index in [4.69, 9.17) is 9.47 Å². The van der Waals surface area contributed by atoms with Crippen molar-refractivity contribution in [2.24, 2.45) is 5.92 Å². The Kier molecular flexibility index (Phi) is 4.67. The Morgan fingerprint density at radius 2 is 1.90 bits per heavy atom. The Balaban J connectivity index is 1.86. The minimum Gasteiger partial charge on any atom is -0.454 e. The molecule has 21 heavy (non-hydrogen) atoms. The van der Waals surface area contributed by atoms with Crippen molar-refractivity contribution in [3.05, 3.63) is 23.8 Å². The molecule has 1 aliphatic rings. The van der Waals surface area contributed by atoms with Gasteiger partial charge in [0.15, 0.2) is 11.5 Å². The number of amides is 2. The molecule has 0 saturated heterocycles. The predicted molar refractivity (Wildman–Crippen MR) is 77.3 cm³/mol. The summed E-state index contributed by atoms with van der Waals surface area (Å²) in [7, 11) is 0. The number of hydrogen-bond donors (Lipinski definition) is 2. The number of carbonyl (C=O) groups is 2. The van der Waals surface area contributed by atoms with E-state index in [1.165, 1.54) is 0 Å². The van der Waals surface area contributed by atoms with Crippen molar-refractivity contribution in [2.45, 2.75) is 26.8 Å². The van der Waals surface area contributed by atoms with Crippen LogP contribution in [0.15, 0.2) is 18.2 Å². The van der Waals surface area contributed by atoms with Crippen LogP contribution >= 0.6 is 0 Å². The molecule has 0 saturated carbocycles. The van der Waals surface area contributed by atoms with E-state index in [2.05, 4.69) is 10.6 Å². The quantitative estimate of drug-likeness (QED) is 0.858. The highest BCUT2D eigenvalue weighted by atomic mass is 16.7. The highest BCUT2D eigenvalue weighted by molar-refractivity contribution is 5.97. The van der Waals surface area contributed by atoms with E-state index in [1.54, 1.807) is 18.2 Å². The van der Waals surface area contributed by atoms with E-state index < -0.39 is 0 Å². The van der Waals surface area contributed by atoms with Gasteiger partial charge in [0.2, 0.25) is 12.7 Å². The highest BCUT2D eigenvalue weighted by Gasteiger charge is 2.17. The average molecular weight is 292 g/mol. The summed E-state index contributed by atoms with van der Waals surface area (Å²) in [6, 6.07) is 4.99. The molecule has 114 valence electrons. The van der Waals surface area contributed by atoms with Crippen LogP contribution in [0.25, 0.3) is 0 Å². The molecular weight excluding hydrogens is 272 g/mol. The van der Waals surface area contributed by atoms with Crippen molar-refractivity contribution in [3.63, 3.8) is 0 Å².